The molecule has 20 heavy (non-hydrogen) atoms. The largest absolute Gasteiger partial charge is 0.379 e. The first kappa shape index (κ1) is 12.4. The van der Waals surface area contributed by atoms with Crippen molar-refractivity contribution in [1.29, 1.82) is 0 Å². The zero-order chi connectivity index (χ0) is 13.8. The topological polar surface area (TPSA) is 60.6 Å². The Balaban J connectivity index is 1.60. The lowest BCUT2D eigenvalue weighted by Crippen LogP contribution is -2.05. The highest BCUT2D eigenvalue weighted by Crippen LogP contribution is 2.11. The molecule has 0 atom stereocenters. The van der Waals surface area contributed by atoms with Gasteiger partial charge in [0.05, 0.1) is 25.0 Å². The lowest BCUT2D eigenvalue weighted by Gasteiger charge is -2.07. The van der Waals surface area contributed by atoms with Crippen LogP contribution >= 0.6 is 0 Å². The number of benzene rings is 1. The summed E-state index contributed by atoms with van der Waals surface area (Å²) in [4.78, 5) is 0. The Morgan fingerprint density at radius 3 is 2.70 bits per heavy atom. The minimum absolute atomic E-state index is 0.710. The van der Waals surface area contributed by atoms with Gasteiger partial charge in [-0.25, -0.2) is 0 Å². The number of anilines is 1. The lowest BCUT2D eigenvalue weighted by atomic mass is 10.2. The number of rotatable bonds is 5. The van der Waals surface area contributed by atoms with Crippen LogP contribution in [0.2, 0.25) is 0 Å². The maximum absolute atomic E-state index is 4.20. The van der Waals surface area contributed by atoms with Crippen molar-refractivity contribution < 1.29 is 0 Å². The van der Waals surface area contributed by atoms with Gasteiger partial charge in [0, 0.05) is 25.1 Å². The van der Waals surface area contributed by atoms with E-state index in [2.05, 4.69) is 45.0 Å². The Morgan fingerprint density at radius 1 is 1.20 bits per heavy atom. The number of aryl methyl sites for hydroxylation is 1. The van der Waals surface area contributed by atoms with Crippen LogP contribution in [0.25, 0.3) is 0 Å². The lowest BCUT2D eigenvalue weighted by molar-refractivity contribution is 0.683. The fourth-order valence-corrected chi connectivity index (χ4v) is 1.97. The SMILES string of the molecule is Cn1nncc1CNc1ccc(Cn2cccn2)cc1. The van der Waals surface area contributed by atoms with Crippen molar-refractivity contribution in [2.75, 3.05) is 5.32 Å². The van der Waals surface area contributed by atoms with Gasteiger partial charge in [-0.2, -0.15) is 5.10 Å². The summed E-state index contributed by atoms with van der Waals surface area (Å²) in [6, 6.07) is 10.3. The molecule has 0 spiro atoms. The van der Waals surface area contributed by atoms with E-state index in [-0.39, 0.29) is 0 Å². The second-order valence-electron chi connectivity index (χ2n) is 4.60. The predicted molar refractivity (Wildman–Crippen MR) is 76.1 cm³/mol. The van der Waals surface area contributed by atoms with E-state index in [4.69, 9.17) is 0 Å². The standard InChI is InChI=1S/C14H16N6/c1-19-14(10-16-18-19)9-15-13-5-3-12(4-6-13)11-20-8-2-7-17-20/h2-8,10,15H,9,11H2,1H3. The van der Waals surface area contributed by atoms with E-state index in [1.807, 2.05) is 24.0 Å². The molecule has 0 fully saturated rings. The minimum atomic E-state index is 0.710. The Hall–Kier alpha value is -2.63. The van der Waals surface area contributed by atoms with Crippen molar-refractivity contribution in [2.24, 2.45) is 7.05 Å². The van der Waals surface area contributed by atoms with E-state index in [9.17, 15) is 0 Å². The van der Waals surface area contributed by atoms with E-state index in [0.717, 1.165) is 17.9 Å². The van der Waals surface area contributed by atoms with Crippen LogP contribution in [0.4, 0.5) is 5.69 Å². The molecule has 0 radical (unpaired) electrons. The molecule has 3 rings (SSSR count). The van der Waals surface area contributed by atoms with Crippen molar-refractivity contribution in [3.8, 4) is 0 Å². The zero-order valence-electron chi connectivity index (χ0n) is 11.3. The van der Waals surface area contributed by atoms with Crippen LogP contribution in [0.1, 0.15) is 11.3 Å². The average molecular weight is 268 g/mol. The summed E-state index contributed by atoms with van der Waals surface area (Å²) >= 11 is 0. The maximum atomic E-state index is 4.20. The third-order valence-electron chi connectivity index (χ3n) is 3.14. The molecule has 3 aromatic rings. The molecule has 6 nitrogen and oxygen atoms in total. The van der Waals surface area contributed by atoms with Gasteiger partial charge in [0.25, 0.3) is 0 Å². The van der Waals surface area contributed by atoms with Crippen molar-refractivity contribution in [1.82, 2.24) is 24.8 Å². The van der Waals surface area contributed by atoms with Crippen LogP contribution in [0.3, 0.4) is 0 Å². The molecular weight excluding hydrogens is 252 g/mol. The van der Waals surface area contributed by atoms with Crippen molar-refractivity contribution >= 4 is 5.69 Å². The summed E-state index contributed by atoms with van der Waals surface area (Å²) in [5.41, 5.74) is 3.35. The van der Waals surface area contributed by atoms with Gasteiger partial charge < -0.3 is 5.32 Å². The van der Waals surface area contributed by atoms with E-state index >= 15 is 0 Å². The maximum Gasteiger partial charge on any atom is 0.0774 e. The van der Waals surface area contributed by atoms with Crippen molar-refractivity contribution in [3.63, 3.8) is 0 Å². The molecule has 0 saturated heterocycles. The van der Waals surface area contributed by atoms with E-state index in [1.165, 1.54) is 5.56 Å². The van der Waals surface area contributed by atoms with Crippen LogP contribution < -0.4 is 5.32 Å². The quantitative estimate of drug-likeness (QED) is 0.764. The molecule has 2 heterocycles. The summed E-state index contributed by atoms with van der Waals surface area (Å²) in [6.07, 6.45) is 5.51. The number of hydrogen-bond acceptors (Lipinski definition) is 4. The Kier molecular flexibility index (Phi) is 3.45. The van der Waals surface area contributed by atoms with E-state index < -0.39 is 0 Å². The van der Waals surface area contributed by atoms with E-state index in [0.29, 0.717) is 6.54 Å². The summed E-state index contributed by atoms with van der Waals surface area (Å²) in [7, 11) is 1.89. The van der Waals surface area contributed by atoms with Gasteiger partial charge >= 0.3 is 0 Å². The van der Waals surface area contributed by atoms with Crippen LogP contribution in [0, 0.1) is 0 Å². The van der Waals surface area contributed by atoms with Crippen LogP contribution in [-0.2, 0) is 20.1 Å². The number of nitrogens with zero attached hydrogens (tertiary/aromatic N) is 5. The third-order valence-corrected chi connectivity index (χ3v) is 3.14. The first-order chi connectivity index (χ1) is 9.81. The van der Waals surface area contributed by atoms with Crippen LogP contribution in [0.5, 0.6) is 0 Å². The molecule has 0 bridgehead atoms. The van der Waals surface area contributed by atoms with Crippen LogP contribution in [-0.4, -0.2) is 24.8 Å². The Labute approximate surface area is 117 Å². The highest BCUT2D eigenvalue weighted by molar-refractivity contribution is 5.44. The van der Waals surface area contributed by atoms with Gasteiger partial charge in [0.2, 0.25) is 0 Å². The number of aromatic nitrogens is 5. The van der Waals surface area contributed by atoms with E-state index in [1.54, 1.807) is 17.1 Å². The summed E-state index contributed by atoms with van der Waals surface area (Å²) in [6.45, 7) is 1.50. The van der Waals surface area contributed by atoms with Gasteiger partial charge in [0.15, 0.2) is 0 Å². The zero-order valence-corrected chi connectivity index (χ0v) is 11.3. The van der Waals surface area contributed by atoms with Gasteiger partial charge in [-0.15, -0.1) is 5.10 Å². The van der Waals surface area contributed by atoms with Crippen molar-refractivity contribution in [2.45, 2.75) is 13.1 Å². The minimum Gasteiger partial charge on any atom is -0.379 e. The monoisotopic (exact) mass is 268 g/mol. The van der Waals surface area contributed by atoms with Crippen LogP contribution in [0.15, 0.2) is 48.9 Å². The van der Waals surface area contributed by atoms with Crippen molar-refractivity contribution in [3.05, 3.63) is 60.2 Å². The first-order valence-electron chi connectivity index (χ1n) is 6.45. The molecule has 0 saturated carbocycles. The van der Waals surface area contributed by atoms with Gasteiger partial charge in [-0.1, -0.05) is 17.3 Å². The smallest absolute Gasteiger partial charge is 0.0774 e. The summed E-state index contributed by atoms with van der Waals surface area (Å²) in [5.74, 6) is 0. The Morgan fingerprint density at radius 2 is 2.05 bits per heavy atom. The normalized spacial score (nSPS) is 10.7. The molecule has 1 aromatic carbocycles. The molecule has 0 unspecified atom stereocenters. The molecule has 2 aromatic heterocycles. The third kappa shape index (κ3) is 2.85. The summed E-state index contributed by atoms with van der Waals surface area (Å²) < 4.78 is 3.67. The molecule has 102 valence electrons. The number of hydrogen-bond donors (Lipinski definition) is 1. The molecule has 0 aliphatic heterocycles. The van der Waals surface area contributed by atoms with Gasteiger partial charge in [0.1, 0.15) is 0 Å². The van der Waals surface area contributed by atoms with Gasteiger partial charge in [-0.05, 0) is 23.8 Å². The van der Waals surface area contributed by atoms with Gasteiger partial charge in [-0.3, -0.25) is 9.36 Å². The molecule has 0 aliphatic rings. The first-order valence-corrected chi connectivity index (χ1v) is 6.45. The highest BCUT2D eigenvalue weighted by atomic mass is 15.4. The second-order valence-corrected chi connectivity index (χ2v) is 4.60. The molecule has 6 heteroatoms. The summed E-state index contributed by atoms with van der Waals surface area (Å²) in [5, 5.41) is 15.3. The fourth-order valence-electron chi connectivity index (χ4n) is 1.97. The molecule has 0 amide bonds. The molecule has 0 aliphatic carbocycles. The Bertz CT molecular complexity index is 653. The highest BCUT2D eigenvalue weighted by Gasteiger charge is 2.00. The average Bonchev–Trinajstić information content (AvgIpc) is 3.10. The second kappa shape index (κ2) is 5.56. The predicted octanol–water partition coefficient (Wildman–Crippen LogP) is 1.67. The molecular formula is C14H16N6. The fraction of sp³-hybridized carbons (Fsp3) is 0.214. The molecule has 1 N–H and O–H groups in total. The number of nitrogens with one attached hydrogen (secondary N) is 1.